The monoisotopic (exact) mass is 386 g/mol. The number of carbonyl (C=O) groups is 2. The van der Waals surface area contributed by atoms with Crippen LogP contribution in [0.15, 0.2) is 54.6 Å². The lowest BCUT2D eigenvalue weighted by Crippen LogP contribution is -2.48. The molecule has 0 aliphatic carbocycles. The number of amides is 2. The van der Waals surface area contributed by atoms with Gasteiger partial charge in [-0.1, -0.05) is 67.9 Å². The average molecular weight is 387 g/mol. The summed E-state index contributed by atoms with van der Waals surface area (Å²) in [5.74, 6) is 0.114. The van der Waals surface area contributed by atoms with Gasteiger partial charge in [-0.05, 0) is 36.1 Å². The van der Waals surface area contributed by atoms with Crippen LogP contribution in [0.3, 0.4) is 0 Å². The maximum absolute atomic E-state index is 13.0. The molecule has 0 heterocycles. The molecule has 2 aromatic rings. The molecular weight excluding hydrogens is 360 g/mol. The highest BCUT2D eigenvalue weighted by Gasteiger charge is 2.26. The Morgan fingerprint density at radius 1 is 1.00 bits per heavy atom. The van der Waals surface area contributed by atoms with E-state index >= 15 is 0 Å². The van der Waals surface area contributed by atoms with E-state index < -0.39 is 6.04 Å². The molecule has 0 saturated heterocycles. The molecule has 2 rings (SSSR count). The summed E-state index contributed by atoms with van der Waals surface area (Å²) in [5.41, 5.74) is 1.82. The van der Waals surface area contributed by atoms with E-state index in [1.807, 2.05) is 62.4 Å². The average Bonchev–Trinajstić information content (AvgIpc) is 2.64. The lowest BCUT2D eigenvalue weighted by Gasteiger charge is -2.29. The Hall–Kier alpha value is -2.33. The summed E-state index contributed by atoms with van der Waals surface area (Å²) >= 11 is 6.08. The van der Waals surface area contributed by atoms with E-state index in [-0.39, 0.29) is 18.2 Å². The summed E-state index contributed by atoms with van der Waals surface area (Å²) in [4.78, 5) is 27.2. The maximum atomic E-state index is 13.0. The molecule has 1 unspecified atom stereocenters. The van der Waals surface area contributed by atoms with Gasteiger partial charge in [-0.3, -0.25) is 9.59 Å². The van der Waals surface area contributed by atoms with Crippen LogP contribution < -0.4 is 5.32 Å². The van der Waals surface area contributed by atoms with Crippen molar-refractivity contribution in [3.05, 3.63) is 70.7 Å². The molecule has 0 saturated carbocycles. The summed E-state index contributed by atoms with van der Waals surface area (Å²) in [5, 5.41) is 3.53. The Kier molecular flexibility index (Phi) is 7.86. The highest BCUT2D eigenvalue weighted by atomic mass is 35.5. The Morgan fingerprint density at radius 2 is 1.67 bits per heavy atom. The second-order valence-electron chi connectivity index (χ2n) is 7.13. The molecule has 4 nitrogen and oxygen atoms in total. The number of halogens is 1. The Balaban J connectivity index is 2.18. The molecule has 2 aromatic carbocycles. The van der Waals surface area contributed by atoms with Gasteiger partial charge in [0.05, 0.1) is 6.42 Å². The van der Waals surface area contributed by atoms with Crippen LogP contribution in [0.1, 0.15) is 31.9 Å². The summed E-state index contributed by atoms with van der Waals surface area (Å²) in [6.07, 6.45) is 0.253. The van der Waals surface area contributed by atoms with Crippen LogP contribution in [0.4, 0.5) is 0 Å². The van der Waals surface area contributed by atoms with Gasteiger partial charge in [0, 0.05) is 18.1 Å². The molecule has 1 N–H and O–H groups in total. The van der Waals surface area contributed by atoms with Gasteiger partial charge in [-0.25, -0.2) is 0 Å². The first-order chi connectivity index (χ1) is 12.9. The van der Waals surface area contributed by atoms with Crippen molar-refractivity contribution >= 4 is 23.4 Å². The third kappa shape index (κ3) is 6.72. The van der Waals surface area contributed by atoms with Gasteiger partial charge >= 0.3 is 0 Å². The lowest BCUT2D eigenvalue weighted by molar-refractivity contribution is -0.140. The van der Waals surface area contributed by atoms with E-state index in [9.17, 15) is 9.59 Å². The molecule has 0 aromatic heterocycles. The minimum Gasteiger partial charge on any atom is -0.354 e. The van der Waals surface area contributed by atoms with Crippen LogP contribution in [0.2, 0.25) is 5.02 Å². The van der Waals surface area contributed by atoms with Crippen LogP contribution in [0, 0.1) is 5.92 Å². The second-order valence-corrected chi connectivity index (χ2v) is 7.57. The van der Waals surface area contributed by atoms with Crippen molar-refractivity contribution in [3.8, 4) is 0 Å². The predicted octanol–water partition coefficient (Wildman–Crippen LogP) is 4.07. The first-order valence-electron chi connectivity index (χ1n) is 9.22. The second kappa shape index (κ2) is 10.1. The number of hydrogen-bond donors (Lipinski definition) is 1. The smallest absolute Gasteiger partial charge is 0.242 e. The molecule has 0 fully saturated rings. The van der Waals surface area contributed by atoms with Crippen LogP contribution in [-0.2, 0) is 22.6 Å². The van der Waals surface area contributed by atoms with E-state index in [1.165, 1.54) is 0 Å². The molecule has 0 radical (unpaired) electrons. The van der Waals surface area contributed by atoms with E-state index in [0.717, 1.165) is 11.1 Å². The zero-order valence-corrected chi connectivity index (χ0v) is 16.9. The zero-order valence-electron chi connectivity index (χ0n) is 16.1. The van der Waals surface area contributed by atoms with Crippen molar-refractivity contribution in [3.63, 3.8) is 0 Å². The summed E-state index contributed by atoms with van der Waals surface area (Å²) in [6, 6.07) is 16.4. The fourth-order valence-electron chi connectivity index (χ4n) is 2.74. The van der Waals surface area contributed by atoms with Crippen molar-refractivity contribution in [2.75, 3.05) is 6.54 Å². The van der Waals surface area contributed by atoms with Gasteiger partial charge in [-0.2, -0.15) is 0 Å². The minimum atomic E-state index is -0.570. The van der Waals surface area contributed by atoms with Gasteiger partial charge in [0.2, 0.25) is 11.8 Å². The molecule has 0 spiro atoms. The Morgan fingerprint density at radius 3 is 2.30 bits per heavy atom. The summed E-state index contributed by atoms with van der Waals surface area (Å²) in [7, 11) is 0. The first kappa shape index (κ1) is 21.0. The van der Waals surface area contributed by atoms with Gasteiger partial charge in [0.1, 0.15) is 6.04 Å². The molecule has 5 heteroatoms. The van der Waals surface area contributed by atoms with Crippen molar-refractivity contribution in [1.82, 2.24) is 10.2 Å². The van der Waals surface area contributed by atoms with Gasteiger partial charge in [-0.15, -0.1) is 0 Å². The quantitative estimate of drug-likeness (QED) is 0.743. The molecule has 0 bridgehead atoms. The standard InChI is InChI=1S/C22H27ClN2O2/c1-16(2)14-24-22(27)17(3)25(15-19-10-7-11-20(23)12-19)21(26)13-18-8-5-4-6-9-18/h4-12,16-17H,13-15H2,1-3H3,(H,24,27). The van der Waals surface area contributed by atoms with Crippen LogP contribution in [0.25, 0.3) is 0 Å². The third-order valence-corrected chi connectivity index (χ3v) is 4.53. The fraction of sp³-hybridized carbons (Fsp3) is 0.364. The van der Waals surface area contributed by atoms with Gasteiger partial charge < -0.3 is 10.2 Å². The van der Waals surface area contributed by atoms with Crippen LogP contribution in [0.5, 0.6) is 0 Å². The molecule has 27 heavy (non-hydrogen) atoms. The number of nitrogens with one attached hydrogen (secondary N) is 1. The number of nitrogens with zero attached hydrogens (tertiary/aromatic N) is 1. The van der Waals surface area contributed by atoms with Crippen molar-refractivity contribution in [2.24, 2.45) is 5.92 Å². The molecule has 0 aliphatic heterocycles. The molecule has 0 aliphatic rings. The number of rotatable bonds is 8. The Labute approximate surface area is 166 Å². The highest BCUT2D eigenvalue weighted by molar-refractivity contribution is 6.30. The first-order valence-corrected chi connectivity index (χ1v) is 9.60. The van der Waals surface area contributed by atoms with Gasteiger partial charge in [0.15, 0.2) is 0 Å². The molecular formula is C22H27ClN2O2. The highest BCUT2D eigenvalue weighted by Crippen LogP contribution is 2.16. The zero-order chi connectivity index (χ0) is 19.8. The van der Waals surface area contributed by atoms with Crippen LogP contribution >= 0.6 is 11.6 Å². The van der Waals surface area contributed by atoms with Crippen LogP contribution in [-0.4, -0.2) is 29.3 Å². The SMILES string of the molecule is CC(C)CNC(=O)C(C)N(Cc1cccc(Cl)c1)C(=O)Cc1ccccc1. The van der Waals surface area contributed by atoms with Crippen molar-refractivity contribution in [1.29, 1.82) is 0 Å². The lowest BCUT2D eigenvalue weighted by atomic mass is 10.1. The van der Waals surface area contributed by atoms with E-state index in [0.29, 0.717) is 24.0 Å². The largest absolute Gasteiger partial charge is 0.354 e. The third-order valence-electron chi connectivity index (χ3n) is 4.29. The molecule has 144 valence electrons. The number of carbonyl (C=O) groups excluding carboxylic acids is 2. The van der Waals surface area contributed by atoms with E-state index in [4.69, 9.17) is 11.6 Å². The number of benzene rings is 2. The summed E-state index contributed by atoms with van der Waals surface area (Å²) < 4.78 is 0. The topological polar surface area (TPSA) is 49.4 Å². The van der Waals surface area contributed by atoms with Crippen molar-refractivity contribution in [2.45, 2.75) is 39.8 Å². The number of hydrogen-bond acceptors (Lipinski definition) is 2. The van der Waals surface area contributed by atoms with Gasteiger partial charge in [0.25, 0.3) is 0 Å². The minimum absolute atomic E-state index is 0.0895. The van der Waals surface area contributed by atoms with E-state index in [2.05, 4.69) is 5.32 Å². The maximum Gasteiger partial charge on any atom is 0.242 e. The van der Waals surface area contributed by atoms with Crippen molar-refractivity contribution < 1.29 is 9.59 Å². The predicted molar refractivity (Wildman–Crippen MR) is 109 cm³/mol. The molecule has 1 atom stereocenters. The van der Waals surface area contributed by atoms with E-state index in [1.54, 1.807) is 17.9 Å². The normalized spacial score (nSPS) is 11.9. The summed E-state index contributed by atoms with van der Waals surface area (Å²) in [6.45, 7) is 6.76. The Bertz CT molecular complexity index is 762. The fourth-order valence-corrected chi connectivity index (χ4v) is 2.95. The molecule has 2 amide bonds.